The lowest BCUT2D eigenvalue weighted by molar-refractivity contribution is -0.142. The molecule has 8 heteroatoms. The van der Waals surface area contributed by atoms with Crippen LogP contribution >= 0.6 is 0 Å². The average molecular weight is 458 g/mol. The van der Waals surface area contributed by atoms with Crippen molar-refractivity contribution in [1.29, 1.82) is 0 Å². The molecule has 3 N–H and O–H groups in total. The molecule has 1 aromatic carbocycles. The van der Waals surface area contributed by atoms with Gasteiger partial charge in [-0.05, 0) is 31.2 Å². The van der Waals surface area contributed by atoms with Crippen molar-refractivity contribution in [3.8, 4) is 0 Å². The second-order valence-electron chi connectivity index (χ2n) is 9.37. The highest BCUT2D eigenvalue weighted by Gasteiger charge is 2.74. The van der Waals surface area contributed by atoms with Gasteiger partial charge in [0.25, 0.3) is 0 Å². The minimum atomic E-state index is -0.971. The Morgan fingerprint density at radius 1 is 1.15 bits per heavy atom. The molecule has 3 saturated heterocycles. The first-order chi connectivity index (χ1) is 16.0. The molecule has 0 radical (unpaired) electrons. The summed E-state index contributed by atoms with van der Waals surface area (Å²) in [4.78, 5) is 41.6. The molecule has 3 aliphatic heterocycles. The number of hydrogen-bond acceptors (Lipinski definition) is 5. The van der Waals surface area contributed by atoms with Crippen LogP contribution in [0.3, 0.4) is 0 Å². The first-order valence-corrected chi connectivity index (χ1v) is 12.2. The van der Waals surface area contributed by atoms with Crippen LogP contribution in [0, 0.1) is 11.8 Å². The van der Waals surface area contributed by atoms with E-state index in [0.29, 0.717) is 32.4 Å². The van der Waals surface area contributed by atoms with E-state index in [0.717, 1.165) is 24.8 Å². The Morgan fingerprint density at radius 3 is 2.67 bits per heavy atom. The van der Waals surface area contributed by atoms with Gasteiger partial charge in [0.05, 0.1) is 17.9 Å². The number of fused-ring (bicyclic) bond motifs is 1. The number of benzene rings is 1. The summed E-state index contributed by atoms with van der Waals surface area (Å²) in [6.45, 7) is 3.23. The molecule has 5 atom stereocenters. The van der Waals surface area contributed by atoms with Crippen LogP contribution in [0.15, 0.2) is 30.3 Å². The molecule has 3 heterocycles. The number of carbonyl (C=O) groups is 3. The summed E-state index contributed by atoms with van der Waals surface area (Å²) < 4.78 is 6.36. The lowest BCUT2D eigenvalue weighted by atomic mass is 9.70. The van der Waals surface area contributed by atoms with Crippen LogP contribution in [0.4, 0.5) is 0 Å². The number of aliphatic hydroxyl groups excluding tert-OH is 1. The molecule has 1 aromatic rings. The number of carbonyl (C=O) groups excluding carboxylic acids is 3. The summed E-state index contributed by atoms with van der Waals surface area (Å²) in [5.74, 6) is -1.90. The fourth-order valence-electron chi connectivity index (χ4n) is 5.82. The van der Waals surface area contributed by atoms with E-state index in [1.807, 2.05) is 30.3 Å². The Balaban J connectivity index is 1.53. The first kappa shape index (κ1) is 23.7. The van der Waals surface area contributed by atoms with Gasteiger partial charge in [-0.25, -0.2) is 0 Å². The van der Waals surface area contributed by atoms with E-state index in [9.17, 15) is 19.5 Å². The summed E-state index contributed by atoms with van der Waals surface area (Å²) in [7, 11) is 0. The third-order valence-electron chi connectivity index (χ3n) is 7.30. The fourth-order valence-corrected chi connectivity index (χ4v) is 5.82. The number of amides is 3. The molecular formula is C25H35N3O5. The molecule has 3 amide bonds. The lowest BCUT2D eigenvalue weighted by Gasteiger charge is -2.33. The van der Waals surface area contributed by atoms with Gasteiger partial charge in [0.1, 0.15) is 11.6 Å². The van der Waals surface area contributed by atoms with Gasteiger partial charge in [0.15, 0.2) is 0 Å². The Bertz CT molecular complexity index is 863. The normalized spacial score (nSPS) is 29.9. The van der Waals surface area contributed by atoms with Crippen molar-refractivity contribution in [2.75, 3.05) is 19.7 Å². The zero-order chi connectivity index (χ0) is 23.4. The molecule has 3 aliphatic rings. The van der Waals surface area contributed by atoms with E-state index < -0.39 is 23.5 Å². The van der Waals surface area contributed by atoms with Gasteiger partial charge in [0.2, 0.25) is 17.7 Å². The van der Waals surface area contributed by atoms with Crippen LogP contribution in [0.5, 0.6) is 0 Å². The van der Waals surface area contributed by atoms with Gasteiger partial charge >= 0.3 is 0 Å². The average Bonchev–Trinajstić information content (AvgIpc) is 3.47. The molecule has 0 aromatic heterocycles. The standard InChI is InChI=1S/C25H35N3O5/c1-2-3-7-13-26-23(31)21-25-12-11-18(33-25)19(20(25)24(32)28(21)14-8-15-29)22(30)27-16-17-9-5-4-6-10-17/h4-6,9-10,18-21,29H,2-3,7-8,11-16H2,1H3,(H,26,31)(H,27,30)/t18-,19+,20+,21?,25?/m1/s1. The number of ether oxygens (including phenoxy) is 1. The molecule has 0 aliphatic carbocycles. The Kier molecular flexibility index (Phi) is 7.34. The maximum Gasteiger partial charge on any atom is 0.245 e. The lowest BCUT2D eigenvalue weighted by Crippen LogP contribution is -2.55. The zero-order valence-electron chi connectivity index (χ0n) is 19.3. The van der Waals surface area contributed by atoms with Crippen molar-refractivity contribution >= 4 is 17.7 Å². The summed E-state index contributed by atoms with van der Waals surface area (Å²) in [6, 6.07) is 8.87. The second-order valence-corrected chi connectivity index (χ2v) is 9.37. The minimum Gasteiger partial charge on any atom is -0.396 e. The SMILES string of the molecule is CCCCCNC(=O)C1N(CCCO)C(=O)[C@@H]2[C@@H](C(=O)NCc3ccccc3)[C@H]3CCC12O3. The molecule has 4 rings (SSSR count). The van der Waals surface area contributed by atoms with E-state index in [2.05, 4.69) is 17.6 Å². The zero-order valence-corrected chi connectivity index (χ0v) is 19.3. The van der Waals surface area contributed by atoms with Crippen LogP contribution in [0.25, 0.3) is 0 Å². The van der Waals surface area contributed by atoms with Gasteiger partial charge < -0.3 is 25.4 Å². The highest BCUT2D eigenvalue weighted by Crippen LogP contribution is 2.58. The number of aliphatic hydroxyl groups is 1. The quantitative estimate of drug-likeness (QED) is 0.435. The van der Waals surface area contributed by atoms with E-state index in [1.54, 1.807) is 4.90 Å². The number of unbranched alkanes of at least 4 members (excludes halogenated alkanes) is 2. The van der Waals surface area contributed by atoms with Gasteiger partial charge in [-0.1, -0.05) is 50.1 Å². The molecular weight excluding hydrogens is 422 g/mol. The van der Waals surface area contributed by atoms with E-state index in [-0.39, 0.29) is 37.0 Å². The van der Waals surface area contributed by atoms with E-state index in [4.69, 9.17) is 4.74 Å². The van der Waals surface area contributed by atoms with Crippen molar-refractivity contribution in [3.63, 3.8) is 0 Å². The number of likely N-dealkylation sites (tertiary alicyclic amines) is 1. The van der Waals surface area contributed by atoms with Crippen LogP contribution in [0.2, 0.25) is 0 Å². The Hall–Kier alpha value is -2.45. The largest absolute Gasteiger partial charge is 0.396 e. The van der Waals surface area contributed by atoms with Gasteiger partial charge in [-0.15, -0.1) is 0 Å². The van der Waals surface area contributed by atoms with Crippen LogP contribution < -0.4 is 10.6 Å². The van der Waals surface area contributed by atoms with Crippen molar-refractivity contribution in [1.82, 2.24) is 15.5 Å². The monoisotopic (exact) mass is 457 g/mol. The van der Waals surface area contributed by atoms with E-state index in [1.165, 1.54) is 0 Å². The fraction of sp³-hybridized carbons (Fsp3) is 0.640. The van der Waals surface area contributed by atoms with Crippen molar-refractivity contribution in [2.24, 2.45) is 11.8 Å². The first-order valence-electron chi connectivity index (χ1n) is 12.2. The predicted octanol–water partition coefficient (Wildman–Crippen LogP) is 1.37. The van der Waals surface area contributed by atoms with Crippen molar-refractivity contribution in [2.45, 2.75) is 69.7 Å². The third-order valence-corrected chi connectivity index (χ3v) is 7.30. The second kappa shape index (κ2) is 10.2. The summed E-state index contributed by atoms with van der Waals surface area (Å²) >= 11 is 0. The molecule has 180 valence electrons. The highest BCUT2D eigenvalue weighted by atomic mass is 16.5. The minimum absolute atomic E-state index is 0.0727. The molecule has 1 spiro atoms. The molecule has 0 saturated carbocycles. The molecule has 2 bridgehead atoms. The molecule has 2 unspecified atom stereocenters. The maximum absolute atomic E-state index is 13.6. The van der Waals surface area contributed by atoms with Crippen molar-refractivity contribution < 1.29 is 24.2 Å². The number of nitrogens with zero attached hydrogens (tertiary/aromatic N) is 1. The summed E-state index contributed by atoms with van der Waals surface area (Å²) in [5, 5.41) is 15.3. The number of rotatable bonds is 11. The predicted molar refractivity (Wildman–Crippen MR) is 122 cm³/mol. The molecule has 8 nitrogen and oxygen atoms in total. The van der Waals surface area contributed by atoms with Crippen molar-refractivity contribution in [3.05, 3.63) is 35.9 Å². The topological polar surface area (TPSA) is 108 Å². The summed E-state index contributed by atoms with van der Waals surface area (Å²) in [5.41, 5.74) is 0.0112. The highest BCUT2D eigenvalue weighted by molar-refractivity contribution is 5.98. The Labute approximate surface area is 195 Å². The molecule has 3 fully saturated rings. The van der Waals surface area contributed by atoms with Gasteiger partial charge in [0, 0.05) is 26.2 Å². The summed E-state index contributed by atoms with van der Waals surface area (Å²) in [6.07, 6.45) is 4.21. The van der Waals surface area contributed by atoms with Gasteiger partial charge in [-0.3, -0.25) is 14.4 Å². The maximum atomic E-state index is 13.6. The smallest absolute Gasteiger partial charge is 0.245 e. The van der Waals surface area contributed by atoms with Gasteiger partial charge in [-0.2, -0.15) is 0 Å². The van der Waals surface area contributed by atoms with Crippen LogP contribution in [0.1, 0.15) is 51.0 Å². The number of nitrogens with one attached hydrogen (secondary N) is 2. The van der Waals surface area contributed by atoms with Crippen LogP contribution in [-0.4, -0.2) is 65.2 Å². The molecule has 33 heavy (non-hydrogen) atoms. The Morgan fingerprint density at radius 2 is 1.94 bits per heavy atom. The van der Waals surface area contributed by atoms with E-state index >= 15 is 0 Å². The number of hydrogen-bond donors (Lipinski definition) is 3. The third kappa shape index (κ3) is 4.38. The van der Waals surface area contributed by atoms with Crippen LogP contribution in [-0.2, 0) is 25.7 Å².